The number of methoxy groups -OCH3 is 1. The van der Waals surface area contributed by atoms with E-state index in [1.165, 1.54) is 0 Å². The van der Waals surface area contributed by atoms with E-state index in [1.807, 2.05) is 66.7 Å². The highest BCUT2D eigenvalue weighted by atomic mass is 16.5. The van der Waals surface area contributed by atoms with Gasteiger partial charge in [-0.05, 0) is 59.7 Å². The molecule has 0 aliphatic carbocycles. The molecule has 178 valence electrons. The number of pyridine rings is 1. The lowest BCUT2D eigenvalue weighted by atomic mass is 10.1. The lowest BCUT2D eigenvalue weighted by molar-refractivity contribution is 0.0933. The summed E-state index contributed by atoms with van der Waals surface area (Å²) in [6.07, 6.45) is 3.91. The minimum Gasteiger partial charge on any atom is -0.497 e. The van der Waals surface area contributed by atoms with Gasteiger partial charge in [0.2, 0.25) is 0 Å². The molecular weight excluding hydrogens is 442 g/mol. The fraction of sp³-hybridized carbons (Fsp3) is 0.172. The Labute approximate surface area is 205 Å². The van der Waals surface area contributed by atoms with Gasteiger partial charge in [-0.2, -0.15) is 0 Å². The first-order valence-electron chi connectivity index (χ1n) is 11.3. The summed E-state index contributed by atoms with van der Waals surface area (Å²) in [6, 6.07) is 26.8. The zero-order chi connectivity index (χ0) is 24.3. The van der Waals surface area contributed by atoms with Gasteiger partial charge in [-0.3, -0.25) is 9.78 Å². The molecule has 1 aliphatic rings. The van der Waals surface area contributed by atoms with Gasteiger partial charge >= 0.3 is 0 Å². The second kappa shape index (κ2) is 12.2. The number of rotatable bonds is 7. The summed E-state index contributed by atoms with van der Waals surface area (Å²) in [7, 11) is 1.66. The third-order valence-electron chi connectivity index (χ3n) is 5.30. The van der Waals surface area contributed by atoms with Crippen molar-refractivity contribution in [3.8, 4) is 23.0 Å². The molecule has 1 aliphatic heterocycles. The van der Waals surface area contributed by atoms with Crippen LogP contribution in [0.2, 0.25) is 0 Å². The number of aromatic nitrogens is 1. The molecule has 2 heterocycles. The highest BCUT2D eigenvalue weighted by Crippen LogP contribution is 2.29. The van der Waals surface area contributed by atoms with Crippen LogP contribution in [-0.4, -0.2) is 24.5 Å². The van der Waals surface area contributed by atoms with Crippen LogP contribution in [0.3, 0.4) is 0 Å². The van der Waals surface area contributed by atoms with Crippen molar-refractivity contribution in [1.29, 1.82) is 0 Å². The minimum atomic E-state index is 0.127. The maximum atomic E-state index is 11.6. The van der Waals surface area contributed by atoms with Crippen molar-refractivity contribution in [3.63, 3.8) is 0 Å². The molecule has 0 amide bonds. The van der Waals surface area contributed by atoms with Gasteiger partial charge in [-0.1, -0.05) is 30.3 Å². The Kier molecular flexibility index (Phi) is 8.32. The molecule has 0 spiro atoms. The van der Waals surface area contributed by atoms with Gasteiger partial charge in [-0.25, -0.2) is 0 Å². The average molecular weight is 470 g/mol. The number of para-hydroxylation sites is 1. The van der Waals surface area contributed by atoms with E-state index < -0.39 is 0 Å². The standard InChI is InChI=1S/C15H13NO3.C14H14O2/c17-14-5-8-18-15-9-12(1-2-13(14)15)19-10-11-3-6-16-7-4-11;1-15-13-9-7-12(8-10-13)11-16-14-5-3-2-4-6-14/h1-4,6-7,9H,5,8,10H2;2-10H,11H2,1H3. The van der Waals surface area contributed by atoms with Crippen LogP contribution < -0.4 is 18.9 Å². The summed E-state index contributed by atoms with van der Waals surface area (Å²) in [5, 5.41) is 0. The number of fused-ring (bicyclic) bond motifs is 1. The van der Waals surface area contributed by atoms with Crippen LogP contribution in [0.15, 0.2) is 97.3 Å². The number of hydrogen-bond acceptors (Lipinski definition) is 6. The molecule has 0 N–H and O–H groups in total. The van der Waals surface area contributed by atoms with Crippen molar-refractivity contribution in [2.24, 2.45) is 0 Å². The molecule has 1 aromatic heterocycles. The molecular formula is C29H27NO5. The molecule has 5 rings (SSSR count). The van der Waals surface area contributed by atoms with Crippen molar-refractivity contribution >= 4 is 5.78 Å². The summed E-state index contributed by atoms with van der Waals surface area (Å²) in [5.41, 5.74) is 2.82. The SMILES string of the molecule is COc1ccc(COc2ccccc2)cc1.O=C1CCOc2cc(OCc3ccncc3)ccc21. The lowest BCUT2D eigenvalue weighted by Gasteiger charge is -2.17. The predicted octanol–water partition coefficient (Wildman–Crippen LogP) is 5.90. The molecule has 0 bridgehead atoms. The molecule has 4 aromatic rings. The number of nitrogens with zero attached hydrogens (tertiary/aromatic N) is 1. The van der Waals surface area contributed by atoms with E-state index in [4.69, 9.17) is 18.9 Å². The molecule has 0 radical (unpaired) electrons. The van der Waals surface area contributed by atoms with Crippen molar-refractivity contribution < 1.29 is 23.7 Å². The Balaban J connectivity index is 0.000000168. The van der Waals surface area contributed by atoms with E-state index in [-0.39, 0.29) is 5.78 Å². The number of benzene rings is 3. The summed E-state index contributed by atoms with van der Waals surface area (Å²) in [4.78, 5) is 15.6. The number of carbonyl (C=O) groups excluding carboxylic acids is 1. The van der Waals surface area contributed by atoms with E-state index in [0.29, 0.717) is 43.3 Å². The van der Waals surface area contributed by atoms with Gasteiger partial charge in [0.05, 0.1) is 19.3 Å². The quantitative estimate of drug-likeness (QED) is 0.336. The fourth-order valence-corrected chi connectivity index (χ4v) is 3.38. The molecule has 6 heteroatoms. The first kappa shape index (κ1) is 23.8. The highest BCUT2D eigenvalue weighted by Gasteiger charge is 2.18. The van der Waals surface area contributed by atoms with Crippen molar-refractivity contribution in [2.75, 3.05) is 13.7 Å². The van der Waals surface area contributed by atoms with Crippen LogP contribution in [0.4, 0.5) is 0 Å². The Morgan fingerprint density at radius 1 is 0.771 bits per heavy atom. The van der Waals surface area contributed by atoms with E-state index in [9.17, 15) is 4.79 Å². The molecule has 3 aromatic carbocycles. The summed E-state index contributed by atoms with van der Waals surface area (Å²) < 4.78 is 21.9. The van der Waals surface area contributed by atoms with E-state index in [1.54, 1.807) is 37.7 Å². The van der Waals surface area contributed by atoms with Gasteiger partial charge in [0.15, 0.2) is 5.78 Å². The van der Waals surface area contributed by atoms with Crippen LogP contribution in [0, 0.1) is 0 Å². The number of ketones is 1. The number of hydrogen-bond donors (Lipinski definition) is 0. The summed E-state index contributed by atoms with van der Waals surface area (Å²) >= 11 is 0. The Hall–Kier alpha value is -4.32. The third kappa shape index (κ3) is 7.08. The van der Waals surface area contributed by atoms with E-state index >= 15 is 0 Å². The van der Waals surface area contributed by atoms with Crippen LogP contribution in [0.25, 0.3) is 0 Å². The van der Waals surface area contributed by atoms with Gasteiger partial charge in [0.25, 0.3) is 0 Å². The zero-order valence-corrected chi connectivity index (χ0v) is 19.6. The van der Waals surface area contributed by atoms with Crippen LogP contribution in [0.5, 0.6) is 23.0 Å². The molecule has 0 saturated carbocycles. The van der Waals surface area contributed by atoms with Gasteiger partial charge in [0.1, 0.15) is 36.2 Å². The molecule has 0 fully saturated rings. The predicted molar refractivity (Wildman–Crippen MR) is 133 cm³/mol. The largest absolute Gasteiger partial charge is 0.497 e. The minimum absolute atomic E-state index is 0.127. The zero-order valence-electron chi connectivity index (χ0n) is 19.6. The molecule has 0 saturated heterocycles. The summed E-state index contributed by atoms with van der Waals surface area (Å²) in [5.74, 6) is 3.19. The second-order valence-corrected chi connectivity index (χ2v) is 7.77. The first-order chi connectivity index (χ1) is 17.2. The highest BCUT2D eigenvalue weighted by molar-refractivity contribution is 5.99. The Morgan fingerprint density at radius 2 is 1.43 bits per heavy atom. The van der Waals surface area contributed by atoms with Crippen molar-refractivity contribution in [3.05, 3.63) is 114 Å². The maximum Gasteiger partial charge on any atom is 0.169 e. The summed E-state index contributed by atoms with van der Waals surface area (Å²) in [6.45, 7) is 1.49. The van der Waals surface area contributed by atoms with Crippen LogP contribution >= 0.6 is 0 Å². The third-order valence-corrected chi connectivity index (χ3v) is 5.30. The van der Waals surface area contributed by atoms with Gasteiger partial charge < -0.3 is 18.9 Å². The number of Topliss-reactive ketones (excluding diaryl/α,β-unsaturated/α-hetero) is 1. The smallest absolute Gasteiger partial charge is 0.169 e. The Morgan fingerprint density at radius 3 is 2.14 bits per heavy atom. The molecule has 0 atom stereocenters. The number of ether oxygens (including phenoxy) is 4. The van der Waals surface area contributed by atoms with E-state index in [0.717, 1.165) is 22.6 Å². The fourth-order valence-electron chi connectivity index (χ4n) is 3.38. The lowest BCUT2D eigenvalue weighted by Crippen LogP contribution is -2.15. The monoisotopic (exact) mass is 469 g/mol. The number of carbonyl (C=O) groups is 1. The molecule has 6 nitrogen and oxygen atoms in total. The normalized spacial score (nSPS) is 11.9. The van der Waals surface area contributed by atoms with Crippen LogP contribution in [-0.2, 0) is 13.2 Å². The van der Waals surface area contributed by atoms with E-state index in [2.05, 4.69) is 4.98 Å². The molecule has 0 unspecified atom stereocenters. The van der Waals surface area contributed by atoms with Crippen LogP contribution in [0.1, 0.15) is 27.9 Å². The maximum absolute atomic E-state index is 11.6. The average Bonchev–Trinajstić information content (AvgIpc) is 2.93. The topological polar surface area (TPSA) is 66.9 Å². The first-order valence-corrected chi connectivity index (χ1v) is 11.3. The van der Waals surface area contributed by atoms with Gasteiger partial charge in [0, 0.05) is 24.9 Å². The van der Waals surface area contributed by atoms with Crippen molar-refractivity contribution in [1.82, 2.24) is 4.98 Å². The molecule has 35 heavy (non-hydrogen) atoms. The van der Waals surface area contributed by atoms with Gasteiger partial charge in [-0.15, -0.1) is 0 Å². The second-order valence-electron chi connectivity index (χ2n) is 7.77. The Bertz CT molecular complexity index is 1210. The van der Waals surface area contributed by atoms with Crippen molar-refractivity contribution in [2.45, 2.75) is 19.6 Å².